The third-order valence-electron chi connectivity index (χ3n) is 4.22. The third kappa shape index (κ3) is 3.01. The van der Waals surface area contributed by atoms with Crippen molar-refractivity contribution in [3.05, 3.63) is 34.1 Å². The van der Waals surface area contributed by atoms with Crippen molar-refractivity contribution >= 4 is 15.9 Å². The first-order valence-electron chi connectivity index (χ1n) is 7.03. The molecule has 0 spiro atoms. The Morgan fingerprint density at radius 1 is 1.32 bits per heavy atom. The largest absolute Gasteiger partial charge is 0.375 e. The summed E-state index contributed by atoms with van der Waals surface area (Å²) >= 11 is 3.26. The van der Waals surface area contributed by atoms with Gasteiger partial charge in [0.1, 0.15) is 5.82 Å². The van der Waals surface area contributed by atoms with Gasteiger partial charge in [0.15, 0.2) is 0 Å². The number of nitrogens with zero attached hydrogens (tertiary/aromatic N) is 1. The van der Waals surface area contributed by atoms with E-state index >= 15 is 0 Å². The van der Waals surface area contributed by atoms with Crippen molar-refractivity contribution in [3.63, 3.8) is 0 Å². The van der Waals surface area contributed by atoms with Crippen molar-refractivity contribution in [2.75, 3.05) is 13.2 Å². The standard InChI is InChI=1S/C15H19BrFNO/c16-12-9-11(5-6-13(12)17)10-18-7-8-19-15-4-2-1-3-14(15)18/h5-6,9,14-15H,1-4,7-8,10H2. The highest BCUT2D eigenvalue weighted by molar-refractivity contribution is 9.10. The molecular weight excluding hydrogens is 309 g/mol. The summed E-state index contributed by atoms with van der Waals surface area (Å²) in [5, 5.41) is 0. The van der Waals surface area contributed by atoms with Crippen molar-refractivity contribution in [1.29, 1.82) is 0 Å². The monoisotopic (exact) mass is 327 g/mol. The summed E-state index contributed by atoms with van der Waals surface area (Å²) in [6.45, 7) is 2.70. The van der Waals surface area contributed by atoms with Gasteiger partial charge >= 0.3 is 0 Å². The zero-order valence-corrected chi connectivity index (χ0v) is 12.5. The molecule has 1 aromatic carbocycles. The highest BCUT2D eigenvalue weighted by atomic mass is 79.9. The highest BCUT2D eigenvalue weighted by Gasteiger charge is 2.33. The van der Waals surface area contributed by atoms with Crippen LogP contribution in [0.25, 0.3) is 0 Å². The number of fused-ring (bicyclic) bond motifs is 1. The van der Waals surface area contributed by atoms with Crippen LogP contribution < -0.4 is 0 Å². The molecule has 0 aromatic heterocycles. The van der Waals surface area contributed by atoms with Crippen LogP contribution in [0.5, 0.6) is 0 Å². The van der Waals surface area contributed by atoms with Crippen LogP contribution in [0.15, 0.2) is 22.7 Å². The molecule has 2 aliphatic rings. The minimum Gasteiger partial charge on any atom is -0.375 e. The number of hydrogen-bond acceptors (Lipinski definition) is 2. The van der Waals surface area contributed by atoms with Crippen LogP contribution in [0.3, 0.4) is 0 Å². The molecule has 19 heavy (non-hydrogen) atoms. The summed E-state index contributed by atoms with van der Waals surface area (Å²) in [4.78, 5) is 2.51. The number of ether oxygens (including phenoxy) is 1. The highest BCUT2D eigenvalue weighted by Crippen LogP contribution is 2.29. The zero-order chi connectivity index (χ0) is 13.2. The first-order valence-corrected chi connectivity index (χ1v) is 7.83. The molecule has 0 bridgehead atoms. The number of rotatable bonds is 2. The second kappa shape index (κ2) is 5.90. The van der Waals surface area contributed by atoms with Crippen LogP contribution in [0, 0.1) is 5.82 Å². The van der Waals surface area contributed by atoms with E-state index in [1.807, 2.05) is 12.1 Å². The van der Waals surface area contributed by atoms with Crippen LogP contribution >= 0.6 is 15.9 Å². The minimum atomic E-state index is -0.193. The van der Waals surface area contributed by atoms with E-state index in [1.54, 1.807) is 0 Å². The number of morpholine rings is 1. The molecule has 0 amide bonds. The minimum absolute atomic E-state index is 0.193. The number of halogens is 2. The summed E-state index contributed by atoms with van der Waals surface area (Å²) in [6, 6.07) is 5.86. The summed E-state index contributed by atoms with van der Waals surface area (Å²) in [5.41, 5.74) is 1.17. The predicted octanol–water partition coefficient (Wildman–Crippen LogP) is 3.73. The fourth-order valence-corrected chi connectivity index (χ4v) is 3.67. The van der Waals surface area contributed by atoms with Gasteiger partial charge in [-0.3, -0.25) is 4.90 Å². The molecule has 2 nitrogen and oxygen atoms in total. The molecule has 1 aliphatic carbocycles. The summed E-state index contributed by atoms with van der Waals surface area (Å²) < 4.78 is 19.7. The van der Waals surface area contributed by atoms with Crippen LogP contribution in [0.1, 0.15) is 31.2 Å². The Bertz CT molecular complexity index is 452. The van der Waals surface area contributed by atoms with Gasteiger partial charge in [-0.05, 0) is 46.5 Å². The van der Waals surface area contributed by atoms with E-state index in [9.17, 15) is 4.39 Å². The lowest BCUT2D eigenvalue weighted by Crippen LogP contribution is -2.52. The van der Waals surface area contributed by atoms with Crippen LogP contribution in [-0.4, -0.2) is 30.2 Å². The Morgan fingerprint density at radius 3 is 3.00 bits per heavy atom. The van der Waals surface area contributed by atoms with E-state index in [-0.39, 0.29) is 5.82 Å². The second-order valence-corrected chi connectivity index (χ2v) is 6.33. The maximum Gasteiger partial charge on any atom is 0.137 e. The van der Waals surface area contributed by atoms with Gasteiger partial charge < -0.3 is 4.74 Å². The van der Waals surface area contributed by atoms with Crippen LogP contribution in [-0.2, 0) is 11.3 Å². The fraction of sp³-hybridized carbons (Fsp3) is 0.600. The van der Waals surface area contributed by atoms with E-state index < -0.39 is 0 Å². The van der Waals surface area contributed by atoms with Gasteiger partial charge in [0.05, 0.1) is 17.2 Å². The summed E-state index contributed by atoms with van der Waals surface area (Å²) in [5.74, 6) is -0.193. The van der Waals surface area contributed by atoms with E-state index in [0.29, 0.717) is 16.6 Å². The van der Waals surface area contributed by atoms with Crippen molar-refractivity contribution in [3.8, 4) is 0 Å². The van der Waals surface area contributed by atoms with E-state index in [1.165, 1.54) is 37.3 Å². The van der Waals surface area contributed by atoms with Gasteiger partial charge in [0, 0.05) is 19.1 Å². The molecule has 2 unspecified atom stereocenters. The number of benzene rings is 1. The van der Waals surface area contributed by atoms with Crippen molar-refractivity contribution in [2.24, 2.45) is 0 Å². The molecule has 1 saturated carbocycles. The molecule has 2 fully saturated rings. The van der Waals surface area contributed by atoms with Gasteiger partial charge in [0.25, 0.3) is 0 Å². The maximum absolute atomic E-state index is 13.3. The Labute approximate surface area is 122 Å². The van der Waals surface area contributed by atoms with Crippen LogP contribution in [0.2, 0.25) is 0 Å². The van der Waals surface area contributed by atoms with Gasteiger partial charge in [0.2, 0.25) is 0 Å². The lowest BCUT2D eigenvalue weighted by molar-refractivity contribution is -0.0911. The first kappa shape index (κ1) is 13.5. The smallest absolute Gasteiger partial charge is 0.137 e. The lowest BCUT2D eigenvalue weighted by Gasteiger charge is -2.43. The van der Waals surface area contributed by atoms with E-state index in [0.717, 1.165) is 19.7 Å². The summed E-state index contributed by atoms with van der Waals surface area (Å²) in [7, 11) is 0. The maximum atomic E-state index is 13.3. The van der Waals surface area contributed by atoms with Crippen molar-refractivity contribution < 1.29 is 9.13 Å². The van der Waals surface area contributed by atoms with E-state index in [2.05, 4.69) is 20.8 Å². The fourth-order valence-electron chi connectivity index (χ4n) is 3.25. The number of hydrogen-bond donors (Lipinski definition) is 0. The zero-order valence-electron chi connectivity index (χ0n) is 10.9. The molecule has 1 aliphatic heterocycles. The third-order valence-corrected chi connectivity index (χ3v) is 4.82. The molecule has 0 N–H and O–H groups in total. The molecule has 1 heterocycles. The molecule has 1 aromatic rings. The molecule has 2 atom stereocenters. The van der Waals surface area contributed by atoms with Gasteiger partial charge in [-0.2, -0.15) is 0 Å². The first-order chi connectivity index (χ1) is 9.24. The summed E-state index contributed by atoms with van der Waals surface area (Å²) in [6.07, 6.45) is 5.42. The Balaban J connectivity index is 1.72. The Kier molecular flexibility index (Phi) is 4.20. The Hall–Kier alpha value is -0.450. The molecule has 0 radical (unpaired) electrons. The molecule has 4 heteroatoms. The van der Waals surface area contributed by atoms with Crippen molar-refractivity contribution in [2.45, 2.75) is 44.4 Å². The average molecular weight is 328 g/mol. The van der Waals surface area contributed by atoms with E-state index in [4.69, 9.17) is 4.74 Å². The average Bonchev–Trinajstić information content (AvgIpc) is 2.43. The Morgan fingerprint density at radius 2 is 2.16 bits per heavy atom. The lowest BCUT2D eigenvalue weighted by atomic mass is 9.90. The quantitative estimate of drug-likeness (QED) is 0.820. The normalized spacial score (nSPS) is 28.1. The van der Waals surface area contributed by atoms with Gasteiger partial charge in [-0.15, -0.1) is 0 Å². The molecule has 3 rings (SSSR count). The second-order valence-electron chi connectivity index (χ2n) is 5.48. The SMILES string of the molecule is Fc1ccc(CN2CCOC3CCCCC32)cc1Br. The molecular formula is C15H19BrFNO. The van der Waals surface area contributed by atoms with Gasteiger partial charge in [-0.1, -0.05) is 18.9 Å². The van der Waals surface area contributed by atoms with Crippen LogP contribution in [0.4, 0.5) is 4.39 Å². The predicted molar refractivity (Wildman–Crippen MR) is 76.5 cm³/mol. The van der Waals surface area contributed by atoms with Gasteiger partial charge in [-0.25, -0.2) is 4.39 Å². The molecule has 104 valence electrons. The topological polar surface area (TPSA) is 12.5 Å². The van der Waals surface area contributed by atoms with Crippen molar-refractivity contribution in [1.82, 2.24) is 4.90 Å². The molecule has 1 saturated heterocycles.